The average Bonchev–Trinajstić information content (AvgIpc) is 3.30. The van der Waals surface area contributed by atoms with Gasteiger partial charge in [0.05, 0.1) is 7.11 Å². The van der Waals surface area contributed by atoms with Gasteiger partial charge in [0.1, 0.15) is 12.0 Å². The Bertz CT molecular complexity index is 1290. The van der Waals surface area contributed by atoms with Crippen molar-refractivity contribution in [1.82, 2.24) is 15.5 Å². The molecular formula is C28H30N4O4. The average molecular weight is 487 g/mol. The SMILES string of the molecule is COc1ccc(NC(=O)C2(c3noc(C)n3)C=CC(c3ccccc3C)C=C2)cc1OCC1CCN1. The van der Waals surface area contributed by atoms with Crippen LogP contribution in [0.25, 0.3) is 0 Å². The summed E-state index contributed by atoms with van der Waals surface area (Å²) in [5, 5.41) is 10.4. The second-order valence-electron chi connectivity index (χ2n) is 9.18. The molecule has 0 radical (unpaired) electrons. The molecule has 1 unspecified atom stereocenters. The van der Waals surface area contributed by atoms with Crippen LogP contribution in [0.3, 0.4) is 0 Å². The molecule has 2 N–H and O–H groups in total. The molecule has 2 aromatic carbocycles. The zero-order valence-electron chi connectivity index (χ0n) is 20.7. The van der Waals surface area contributed by atoms with Crippen LogP contribution in [0.15, 0.2) is 71.3 Å². The number of nitrogens with zero attached hydrogens (tertiary/aromatic N) is 2. The van der Waals surface area contributed by atoms with Gasteiger partial charge in [-0.2, -0.15) is 4.98 Å². The number of aryl methyl sites for hydroxylation is 2. The highest BCUT2D eigenvalue weighted by Crippen LogP contribution is 2.37. The Morgan fingerprint density at radius 2 is 1.94 bits per heavy atom. The highest BCUT2D eigenvalue weighted by Gasteiger charge is 2.42. The van der Waals surface area contributed by atoms with E-state index in [9.17, 15) is 4.79 Å². The molecule has 1 aliphatic heterocycles. The van der Waals surface area contributed by atoms with E-state index in [1.54, 1.807) is 32.2 Å². The Kier molecular flexibility index (Phi) is 6.61. The number of methoxy groups -OCH3 is 1. The van der Waals surface area contributed by atoms with Gasteiger partial charge in [0.15, 0.2) is 17.3 Å². The number of hydrogen-bond donors (Lipinski definition) is 2. The molecule has 36 heavy (non-hydrogen) atoms. The predicted molar refractivity (Wildman–Crippen MR) is 136 cm³/mol. The quantitative estimate of drug-likeness (QED) is 0.460. The molecule has 0 bridgehead atoms. The van der Waals surface area contributed by atoms with Crippen molar-refractivity contribution in [2.45, 2.75) is 37.6 Å². The first-order valence-corrected chi connectivity index (χ1v) is 12.1. The summed E-state index contributed by atoms with van der Waals surface area (Å²) in [6.07, 6.45) is 8.82. The highest BCUT2D eigenvalue weighted by atomic mass is 16.5. The Hall–Kier alpha value is -3.91. The maximum Gasteiger partial charge on any atom is 0.246 e. The summed E-state index contributed by atoms with van der Waals surface area (Å²) in [4.78, 5) is 18.2. The predicted octanol–water partition coefficient (Wildman–Crippen LogP) is 4.22. The van der Waals surface area contributed by atoms with Crippen molar-refractivity contribution in [2.24, 2.45) is 0 Å². The van der Waals surface area contributed by atoms with Gasteiger partial charge >= 0.3 is 0 Å². The fourth-order valence-corrected chi connectivity index (χ4v) is 4.45. The number of ether oxygens (including phenoxy) is 2. The summed E-state index contributed by atoms with van der Waals surface area (Å²) < 4.78 is 16.7. The Labute approximate surface area is 210 Å². The lowest BCUT2D eigenvalue weighted by molar-refractivity contribution is -0.118. The highest BCUT2D eigenvalue weighted by molar-refractivity contribution is 6.02. The van der Waals surface area contributed by atoms with E-state index >= 15 is 0 Å². The summed E-state index contributed by atoms with van der Waals surface area (Å²) in [6, 6.07) is 13.9. The molecule has 1 aromatic heterocycles. The van der Waals surface area contributed by atoms with Gasteiger partial charge in [0, 0.05) is 30.6 Å². The van der Waals surface area contributed by atoms with E-state index < -0.39 is 5.41 Å². The van der Waals surface area contributed by atoms with Crippen LogP contribution >= 0.6 is 0 Å². The van der Waals surface area contributed by atoms with Gasteiger partial charge in [-0.3, -0.25) is 4.79 Å². The number of allylic oxidation sites excluding steroid dienone is 2. The molecule has 2 heterocycles. The molecule has 8 nitrogen and oxygen atoms in total. The normalized spacial score (nSPS) is 22.6. The van der Waals surface area contributed by atoms with Crippen molar-refractivity contribution in [3.63, 3.8) is 0 Å². The monoisotopic (exact) mass is 486 g/mol. The third-order valence-electron chi connectivity index (χ3n) is 6.74. The van der Waals surface area contributed by atoms with E-state index in [2.05, 4.69) is 39.8 Å². The van der Waals surface area contributed by atoms with E-state index in [1.807, 2.05) is 36.4 Å². The van der Waals surface area contributed by atoms with Gasteiger partial charge in [0.25, 0.3) is 0 Å². The van der Waals surface area contributed by atoms with Crippen molar-refractivity contribution in [3.05, 3.63) is 89.6 Å². The van der Waals surface area contributed by atoms with Crippen LogP contribution in [-0.4, -0.2) is 42.4 Å². The Morgan fingerprint density at radius 3 is 2.58 bits per heavy atom. The standard InChI is InChI=1S/C28H30N4O4/c1-18-6-4-5-7-23(18)20-10-13-28(14-11-20,26-30-19(2)36-32-26)27(33)31-21-8-9-24(34-3)25(16-21)35-17-22-12-15-29-22/h4-11,13-14,16,20,22,29H,12,15,17H2,1-3H3,(H,31,33). The molecule has 1 atom stereocenters. The first kappa shape index (κ1) is 23.8. The summed E-state index contributed by atoms with van der Waals surface area (Å²) in [5.41, 5.74) is 1.74. The maximum absolute atomic E-state index is 13.8. The molecule has 186 valence electrons. The molecule has 2 aliphatic rings. The summed E-state index contributed by atoms with van der Waals surface area (Å²) in [7, 11) is 1.60. The van der Waals surface area contributed by atoms with Crippen molar-refractivity contribution in [1.29, 1.82) is 0 Å². The number of anilines is 1. The third-order valence-corrected chi connectivity index (χ3v) is 6.74. The smallest absolute Gasteiger partial charge is 0.246 e. The van der Waals surface area contributed by atoms with E-state index in [1.165, 1.54) is 11.1 Å². The van der Waals surface area contributed by atoms with Crippen molar-refractivity contribution >= 4 is 11.6 Å². The van der Waals surface area contributed by atoms with Crippen molar-refractivity contribution in [2.75, 3.05) is 25.6 Å². The number of benzene rings is 2. The summed E-state index contributed by atoms with van der Waals surface area (Å²) in [5.74, 6) is 1.60. The van der Waals surface area contributed by atoms with Crippen molar-refractivity contribution < 1.29 is 18.8 Å². The van der Waals surface area contributed by atoms with Gasteiger partial charge in [0.2, 0.25) is 11.8 Å². The van der Waals surface area contributed by atoms with E-state index in [0.29, 0.717) is 35.7 Å². The van der Waals surface area contributed by atoms with Crippen LogP contribution in [-0.2, 0) is 10.2 Å². The third kappa shape index (κ3) is 4.64. The Balaban J connectivity index is 1.41. The molecule has 1 amide bonds. The Morgan fingerprint density at radius 1 is 1.17 bits per heavy atom. The van der Waals surface area contributed by atoms with Gasteiger partial charge in [-0.15, -0.1) is 0 Å². The van der Waals surface area contributed by atoms with E-state index in [4.69, 9.17) is 14.0 Å². The van der Waals surface area contributed by atoms with Gasteiger partial charge < -0.3 is 24.6 Å². The zero-order valence-corrected chi connectivity index (χ0v) is 20.7. The molecular weight excluding hydrogens is 456 g/mol. The fourth-order valence-electron chi connectivity index (χ4n) is 4.45. The van der Waals surface area contributed by atoms with E-state index in [0.717, 1.165) is 13.0 Å². The minimum absolute atomic E-state index is 0.0428. The topological polar surface area (TPSA) is 98.5 Å². The van der Waals surface area contributed by atoms with Gasteiger partial charge in [-0.25, -0.2) is 0 Å². The lowest BCUT2D eigenvalue weighted by atomic mass is 9.77. The van der Waals surface area contributed by atoms with E-state index in [-0.39, 0.29) is 17.6 Å². The largest absolute Gasteiger partial charge is 0.493 e. The maximum atomic E-state index is 13.8. The molecule has 0 saturated carbocycles. The van der Waals surface area contributed by atoms with Gasteiger partial charge in [-0.1, -0.05) is 53.7 Å². The molecule has 0 spiro atoms. The first-order valence-electron chi connectivity index (χ1n) is 12.1. The number of aromatic nitrogens is 2. The first-order chi connectivity index (χ1) is 17.5. The minimum atomic E-state index is -1.21. The van der Waals surface area contributed by atoms with Crippen LogP contribution in [0.4, 0.5) is 5.69 Å². The second-order valence-corrected chi connectivity index (χ2v) is 9.18. The number of rotatable bonds is 8. The van der Waals surface area contributed by atoms with Crippen LogP contribution in [0.5, 0.6) is 11.5 Å². The van der Waals surface area contributed by atoms with Gasteiger partial charge in [-0.05, 0) is 43.1 Å². The zero-order chi connectivity index (χ0) is 25.1. The molecule has 5 rings (SSSR count). The minimum Gasteiger partial charge on any atom is -0.493 e. The number of nitrogens with one attached hydrogen (secondary N) is 2. The summed E-state index contributed by atoms with van der Waals surface area (Å²) in [6.45, 7) is 5.33. The van der Waals surface area contributed by atoms with Crippen LogP contribution in [0, 0.1) is 13.8 Å². The number of amides is 1. The van der Waals surface area contributed by atoms with Crippen LogP contribution < -0.4 is 20.1 Å². The van der Waals surface area contributed by atoms with Crippen LogP contribution in [0.1, 0.15) is 35.2 Å². The molecule has 3 aromatic rings. The van der Waals surface area contributed by atoms with Crippen LogP contribution in [0.2, 0.25) is 0 Å². The number of carbonyl (C=O) groups excluding carboxylic acids is 1. The van der Waals surface area contributed by atoms with Crippen molar-refractivity contribution in [3.8, 4) is 11.5 Å². The number of hydrogen-bond acceptors (Lipinski definition) is 7. The fraction of sp³-hybridized carbons (Fsp3) is 0.321. The second kappa shape index (κ2) is 9.99. The molecule has 1 saturated heterocycles. The summed E-state index contributed by atoms with van der Waals surface area (Å²) >= 11 is 0. The number of carbonyl (C=O) groups is 1. The molecule has 1 aliphatic carbocycles. The lowest BCUT2D eigenvalue weighted by Gasteiger charge is -2.28. The molecule has 8 heteroatoms. The lowest BCUT2D eigenvalue weighted by Crippen LogP contribution is -2.46. The molecule has 1 fully saturated rings.